The largest absolute Gasteiger partial charge is 0.507 e. The highest BCUT2D eigenvalue weighted by Gasteiger charge is 2.19. The van der Waals surface area contributed by atoms with Crippen LogP contribution in [0.25, 0.3) is 11.1 Å². The fourth-order valence-corrected chi connectivity index (χ4v) is 3.06. The average Bonchev–Trinajstić information content (AvgIpc) is 2.53. The summed E-state index contributed by atoms with van der Waals surface area (Å²) in [6.07, 6.45) is 1.96. The van der Waals surface area contributed by atoms with Crippen LogP contribution in [0.4, 0.5) is 0 Å². The van der Waals surface area contributed by atoms with Crippen LogP contribution in [0.15, 0.2) is 30.3 Å². The summed E-state index contributed by atoms with van der Waals surface area (Å²) in [5.74, 6) is 0.269. The Bertz CT molecular complexity index is 672. The lowest BCUT2D eigenvalue weighted by Crippen LogP contribution is -2.15. The van der Waals surface area contributed by atoms with Gasteiger partial charge in [0, 0.05) is 11.1 Å². The van der Waals surface area contributed by atoms with E-state index in [1.165, 1.54) is 0 Å². The van der Waals surface area contributed by atoms with E-state index in [9.17, 15) is 10.2 Å². The number of nitrogens with two attached hydrogens (primary N) is 3. The Morgan fingerprint density at radius 3 is 1.96 bits per heavy atom. The summed E-state index contributed by atoms with van der Waals surface area (Å²) in [5, 5.41) is 20.8. The maximum atomic E-state index is 10.6. The molecule has 124 valence electrons. The van der Waals surface area contributed by atoms with Crippen LogP contribution >= 0.6 is 0 Å². The van der Waals surface area contributed by atoms with E-state index >= 15 is 0 Å². The van der Waals surface area contributed by atoms with E-state index < -0.39 is 0 Å². The topological polar surface area (TPSA) is 119 Å². The maximum absolute atomic E-state index is 10.6. The van der Waals surface area contributed by atoms with Crippen molar-refractivity contribution < 1.29 is 10.2 Å². The summed E-state index contributed by atoms with van der Waals surface area (Å²) >= 11 is 0. The normalized spacial score (nSPS) is 10.9. The summed E-state index contributed by atoms with van der Waals surface area (Å²) in [6, 6.07) is 8.72. The molecule has 0 saturated carbocycles. The molecule has 5 heteroatoms. The zero-order chi connectivity index (χ0) is 16.8. The number of phenols is 2. The fraction of sp³-hybridized carbons (Fsp3) is 0.333. The second kappa shape index (κ2) is 7.97. The van der Waals surface area contributed by atoms with E-state index in [1.807, 2.05) is 6.07 Å². The van der Waals surface area contributed by atoms with Crippen LogP contribution in [-0.2, 0) is 19.3 Å². The number of hydrogen-bond acceptors (Lipinski definition) is 5. The molecule has 0 bridgehead atoms. The van der Waals surface area contributed by atoms with Gasteiger partial charge in [0.15, 0.2) is 0 Å². The van der Waals surface area contributed by atoms with Crippen molar-refractivity contribution in [3.63, 3.8) is 0 Å². The quantitative estimate of drug-likeness (QED) is 0.527. The zero-order valence-corrected chi connectivity index (χ0v) is 13.3. The number of rotatable bonds is 7. The van der Waals surface area contributed by atoms with Gasteiger partial charge in [0.2, 0.25) is 0 Å². The lowest BCUT2D eigenvalue weighted by Gasteiger charge is -2.20. The molecule has 0 aliphatic rings. The van der Waals surface area contributed by atoms with Crippen molar-refractivity contribution in [2.24, 2.45) is 17.2 Å². The van der Waals surface area contributed by atoms with Gasteiger partial charge in [-0.2, -0.15) is 0 Å². The minimum Gasteiger partial charge on any atom is -0.507 e. The van der Waals surface area contributed by atoms with Crippen molar-refractivity contribution in [3.8, 4) is 22.6 Å². The van der Waals surface area contributed by atoms with Crippen LogP contribution in [0.1, 0.15) is 16.7 Å². The third-order valence-corrected chi connectivity index (χ3v) is 4.00. The highest BCUT2D eigenvalue weighted by atomic mass is 16.3. The molecule has 2 aromatic carbocycles. The van der Waals surface area contributed by atoms with Gasteiger partial charge in [0.05, 0.1) is 0 Å². The van der Waals surface area contributed by atoms with Crippen molar-refractivity contribution in [2.75, 3.05) is 19.6 Å². The number of aromatic hydroxyl groups is 2. The molecule has 0 saturated heterocycles. The number of phenolic OH excluding ortho intramolecular Hbond substituents is 2. The molecule has 0 spiro atoms. The molecule has 0 heterocycles. The summed E-state index contributed by atoms with van der Waals surface area (Å²) in [7, 11) is 0. The van der Waals surface area contributed by atoms with Crippen LogP contribution in [0.5, 0.6) is 11.5 Å². The molecule has 5 nitrogen and oxygen atoms in total. The molecule has 0 fully saturated rings. The molecule has 0 unspecified atom stereocenters. The van der Waals surface area contributed by atoms with E-state index in [2.05, 4.69) is 0 Å². The van der Waals surface area contributed by atoms with E-state index in [0.717, 1.165) is 16.7 Å². The average molecular weight is 315 g/mol. The second-order valence-corrected chi connectivity index (χ2v) is 5.52. The van der Waals surface area contributed by atoms with Gasteiger partial charge in [-0.25, -0.2) is 0 Å². The SMILES string of the molecule is NCCc1cc(O)c(-c2ccccc2O)c(CCN)c1CCN. The Morgan fingerprint density at radius 1 is 0.739 bits per heavy atom. The zero-order valence-electron chi connectivity index (χ0n) is 13.3. The summed E-state index contributed by atoms with van der Waals surface area (Å²) in [4.78, 5) is 0. The van der Waals surface area contributed by atoms with Crippen LogP contribution in [0.3, 0.4) is 0 Å². The number of benzene rings is 2. The first-order valence-corrected chi connectivity index (χ1v) is 7.89. The minimum absolute atomic E-state index is 0.131. The van der Waals surface area contributed by atoms with Crippen molar-refractivity contribution >= 4 is 0 Å². The van der Waals surface area contributed by atoms with Gasteiger partial charge in [0.1, 0.15) is 11.5 Å². The predicted octanol–water partition coefficient (Wildman–Crippen LogP) is 1.27. The monoisotopic (exact) mass is 315 g/mol. The molecule has 0 aliphatic carbocycles. The van der Waals surface area contributed by atoms with Crippen LogP contribution in [0.2, 0.25) is 0 Å². The Kier molecular flexibility index (Phi) is 5.98. The Balaban J connectivity index is 2.74. The van der Waals surface area contributed by atoms with Gasteiger partial charge in [-0.3, -0.25) is 0 Å². The molecular formula is C18H25N3O2. The molecule has 0 amide bonds. The maximum Gasteiger partial charge on any atom is 0.124 e. The van der Waals surface area contributed by atoms with E-state index in [1.54, 1.807) is 24.3 Å². The lowest BCUT2D eigenvalue weighted by atomic mass is 9.86. The first-order chi connectivity index (χ1) is 11.1. The van der Waals surface area contributed by atoms with Crippen LogP contribution in [0, 0.1) is 0 Å². The Morgan fingerprint density at radius 2 is 1.35 bits per heavy atom. The Hall–Kier alpha value is -2.08. The highest BCUT2D eigenvalue weighted by Crippen LogP contribution is 2.41. The van der Waals surface area contributed by atoms with E-state index in [-0.39, 0.29) is 11.5 Å². The predicted molar refractivity (Wildman–Crippen MR) is 93.5 cm³/mol. The molecule has 0 aliphatic heterocycles. The standard InChI is InChI=1S/C18H25N3O2/c19-8-5-12-11-17(23)18(15-3-1-2-4-16(15)22)14(7-10-21)13(12)6-9-20/h1-4,11,22-23H,5-10,19-21H2. The summed E-state index contributed by atoms with van der Waals surface area (Å²) in [6.45, 7) is 1.44. The molecule has 0 atom stereocenters. The van der Waals surface area contributed by atoms with Gasteiger partial charge < -0.3 is 27.4 Å². The molecule has 0 radical (unpaired) electrons. The van der Waals surface area contributed by atoms with Crippen LogP contribution < -0.4 is 17.2 Å². The molecule has 8 N–H and O–H groups in total. The third kappa shape index (κ3) is 3.64. The Labute approximate surface area is 136 Å². The van der Waals surface area contributed by atoms with Crippen molar-refractivity contribution in [2.45, 2.75) is 19.3 Å². The smallest absolute Gasteiger partial charge is 0.124 e. The fourth-order valence-electron chi connectivity index (χ4n) is 3.06. The van der Waals surface area contributed by atoms with Crippen molar-refractivity contribution in [1.82, 2.24) is 0 Å². The summed E-state index contributed by atoms with van der Waals surface area (Å²) < 4.78 is 0. The second-order valence-electron chi connectivity index (χ2n) is 5.52. The first-order valence-electron chi connectivity index (χ1n) is 7.89. The minimum atomic E-state index is 0.131. The van der Waals surface area contributed by atoms with Gasteiger partial charge in [-0.1, -0.05) is 18.2 Å². The number of hydrogen-bond donors (Lipinski definition) is 5. The molecule has 0 aromatic heterocycles. The molecular weight excluding hydrogens is 290 g/mol. The number of para-hydroxylation sites is 1. The van der Waals surface area contributed by atoms with Gasteiger partial charge >= 0.3 is 0 Å². The highest BCUT2D eigenvalue weighted by molar-refractivity contribution is 5.80. The van der Waals surface area contributed by atoms with Crippen molar-refractivity contribution in [1.29, 1.82) is 0 Å². The molecule has 23 heavy (non-hydrogen) atoms. The van der Waals surface area contributed by atoms with Crippen molar-refractivity contribution in [3.05, 3.63) is 47.0 Å². The van der Waals surface area contributed by atoms with Gasteiger partial charge in [-0.05, 0) is 67.7 Å². The third-order valence-electron chi connectivity index (χ3n) is 4.00. The molecule has 2 aromatic rings. The van der Waals surface area contributed by atoms with Gasteiger partial charge in [-0.15, -0.1) is 0 Å². The van der Waals surface area contributed by atoms with E-state index in [4.69, 9.17) is 17.2 Å². The first kappa shape index (κ1) is 17.3. The van der Waals surface area contributed by atoms with E-state index in [0.29, 0.717) is 50.0 Å². The summed E-state index contributed by atoms with van der Waals surface area (Å²) in [5.41, 5.74) is 21.5. The lowest BCUT2D eigenvalue weighted by molar-refractivity contribution is 0.468. The van der Waals surface area contributed by atoms with Gasteiger partial charge in [0.25, 0.3) is 0 Å². The molecule has 2 rings (SSSR count). The van der Waals surface area contributed by atoms with Crippen LogP contribution in [-0.4, -0.2) is 29.8 Å².